The van der Waals surface area contributed by atoms with E-state index in [1.165, 1.54) is 30.6 Å². The summed E-state index contributed by atoms with van der Waals surface area (Å²) in [5.41, 5.74) is 5.14. The molecule has 1 aliphatic rings. The molecule has 96 valence electrons. The molecule has 5 heteroatoms. The van der Waals surface area contributed by atoms with E-state index in [-0.39, 0.29) is 5.54 Å². The standard InChI is InChI=1S/C12H22N4S/c1-16(2)12(5-3-4-6-12)11(15-13)7-10-8-14-9-17-10/h8-9,11,15H,3-7,13H2,1-2H3. The summed E-state index contributed by atoms with van der Waals surface area (Å²) >= 11 is 1.71. The van der Waals surface area contributed by atoms with Crippen LogP contribution in [0.1, 0.15) is 30.6 Å². The number of rotatable bonds is 5. The maximum atomic E-state index is 5.80. The second-order valence-corrected chi connectivity index (χ2v) is 6.07. The summed E-state index contributed by atoms with van der Waals surface area (Å²) in [5, 5.41) is 0. The first-order valence-electron chi connectivity index (χ1n) is 6.20. The Morgan fingerprint density at radius 3 is 2.71 bits per heavy atom. The number of thiazole rings is 1. The molecule has 1 aromatic rings. The SMILES string of the molecule is CN(C)C1(C(Cc2cncs2)NN)CCCC1. The van der Waals surface area contributed by atoms with Crippen LogP contribution in [0.4, 0.5) is 0 Å². The van der Waals surface area contributed by atoms with Gasteiger partial charge in [0.2, 0.25) is 0 Å². The third-order valence-corrected chi connectivity index (χ3v) is 4.90. The van der Waals surface area contributed by atoms with Gasteiger partial charge >= 0.3 is 0 Å². The molecule has 0 aliphatic heterocycles. The number of nitrogens with two attached hydrogens (primary N) is 1. The molecule has 1 heterocycles. The Labute approximate surface area is 107 Å². The normalized spacial score (nSPS) is 20.9. The van der Waals surface area contributed by atoms with Gasteiger partial charge in [0.15, 0.2) is 0 Å². The predicted molar refractivity (Wildman–Crippen MR) is 71.8 cm³/mol. The van der Waals surface area contributed by atoms with Gasteiger partial charge in [0.1, 0.15) is 0 Å². The summed E-state index contributed by atoms with van der Waals surface area (Å²) in [6.07, 6.45) is 7.99. The van der Waals surface area contributed by atoms with E-state index in [4.69, 9.17) is 5.84 Å². The maximum absolute atomic E-state index is 5.80. The molecule has 1 saturated carbocycles. The molecular weight excluding hydrogens is 232 g/mol. The van der Waals surface area contributed by atoms with Crippen molar-refractivity contribution in [3.63, 3.8) is 0 Å². The lowest BCUT2D eigenvalue weighted by atomic mass is 9.85. The van der Waals surface area contributed by atoms with Crippen molar-refractivity contribution in [2.45, 2.75) is 43.7 Å². The van der Waals surface area contributed by atoms with Crippen LogP contribution in [0.25, 0.3) is 0 Å². The number of hydrazine groups is 1. The molecule has 0 bridgehead atoms. The minimum absolute atomic E-state index is 0.207. The van der Waals surface area contributed by atoms with Gasteiger partial charge in [-0.15, -0.1) is 11.3 Å². The van der Waals surface area contributed by atoms with Gasteiger partial charge in [0, 0.05) is 29.1 Å². The van der Waals surface area contributed by atoms with Crippen molar-refractivity contribution >= 4 is 11.3 Å². The van der Waals surface area contributed by atoms with E-state index in [0.29, 0.717) is 6.04 Å². The molecule has 1 unspecified atom stereocenters. The highest BCUT2D eigenvalue weighted by molar-refractivity contribution is 7.09. The van der Waals surface area contributed by atoms with Crippen LogP contribution in [-0.2, 0) is 6.42 Å². The Morgan fingerprint density at radius 2 is 2.24 bits per heavy atom. The van der Waals surface area contributed by atoms with E-state index < -0.39 is 0 Å². The largest absolute Gasteiger partial charge is 0.302 e. The van der Waals surface area contributed by atoms with E-state index in [1.54, 1.807) is 11.3 Å². The van der Waals surface area contributed by atoms with Crippen LogP contribution in [0.3, 0.4) is 0 Å². The van der Waals surface area contributed by atoms with Gasteiger partial charge in [-0.25, -0.2) is 0 Å². The lowest BCUT2D eigenvalue weighted by molar-refractivity contribution is 0.105. The summed E-state index contributed by atoms with van der Waals surface area (Å²) < 4.78 is 0. The first kappa shape index (κ1) is 13.0. The maximum Gasteiger partial charge on any atom is 0.0794 e. The molecule has 0 aromatic carbocycles. The minimum Gasteiger partial charge on any atom is -0.302 e. The van der Waals surface area contributed by atoms with Crippen molar-refractivity contribution in [2.75, 3.05) is 14.1 Å². The van der Waals surface area contributed by atoms with Crippen LogP contribution in [0.5, 0.6) is 0 Å². The zero-order chi connectivity index (χ0) is 12.3. The zero-order valence-corrected chi connectivity index (χ0v) is 11.5. The highest BCUT2D eigenvalue weighted by atomic mass is 32.1. The molecule has 4 nitrogen and oxygen atoms in total. The van der Waals surface area contributed by atoms with E-state index in [9.17, 15) is 0 Å². The van der Waals surface area contributed by atoms with Gasteiger partial charge < -0.3 is 4.90 Å². The van der Waals surface area contributed by atoms with Gasteiger partial charge in [-0.3, -0.25) is 16.3 Å². The average Bonchev–Trinajstić information content (AvgIpc) is 2.97. The van der Waals surface area contributed by atoms with E-state index in [1.807, 2.05) is 11.7 Å². The van der Waals surface area contributed by atoms with Crippen LogP contribution in [0.2, 0.25) is 0 Å². The fourth-order valence-corrected chi connectivity index (χ4v) is 3.68. The third-order valence-electron chi connectivity index (χ3n) is 4.10. The van der Waals surface area contributed by atoms with E-state index >= 15 is 0 Å². The lowest BCUT2D eigenvalue weighted by Gasteiger charge is -2.43. The van der Waals surface area contributed by atoms with Crippen molar-refractivity contribution in [2.24, 2.45) is 5.84 Å². The van der Waals surface area contributed by atoms with Crippen LogP contribution >= 0.6 is 11.3 Å². The first-order valence-corrected chi connectivity index (χ1v) is 7.08. The molecule has 0 saturated heterocycles. The molecule has 0 spiro atoms. The summed E-state index contributed by atoms with van der Waals surface area (Å²) in [5.74, 6) is 5.80. The summed E-state index contributed by atoms with van der Waals surface area (Å²) in [6.45, 7) is 0. The number of hydrogen-bond donors (Lipinski definition) is 2. The van der Waals surface area contributed by atoms with Gasteiger partial charge in [-0.2, -0.15) is 0 Å². The van der Waals surface area contributed by atoms with Crippen LogP contribution < -0.4 is 11.3 Å². The molecule has 17 heavy (non-hydrogen) atoms. The van der Waals surface area contributed by atoms with Crippen molar-refractivity contribution in [3.05, 3.63) is 16.6 Å². The Kier molecular flexibility index (Phi) is 4.14. The molecule has 3 N–H and O–H groups in total. The van der Waals surface area contributed by atoms with Crippen LogP contribution in [0.15, 0.2) is 11.7 Å². The average molecular weight is 254 g/mol. The molecule has 1 aromatic heterocycles. The Balaban J connectivity index is 2.15. The molecule has 1 aliphatic carbocycles. The quantitative estimate of drug-likeness (QED) is 0.616. The highest BCUT2D eigenvalue weighted by Crippen LogP contribution is 2.37. The molecule has 1 atom stereocenters. The van der Waals surface area contributed by atoms with Gasteiger partial charge in [-0.05, 0) is 26.9 Å². The molecule has 0 amide bonds. The fraction of sp³-hybridized carbons (Fsp3) is 0.750. The van der Waals surface area contributed by atoms with E-state index in [0.717, 1.165) is 6.42 Å². The third kappa shape index (κ3) is 2.52. The van der Waals surface area contributed by atoms with Crippen molar-refractivity contribution < 1.29 is 0 Å². The van der Waals surface area contributed by atoms with Crippen molar-refractivity contribution in [3.8, 4) is 0 Å². The van der Waals surface area contributed by atoms with E-state index in [2.05, 4.69) is 29.4 Å². The fourth-order valence-electron chi connectivity index (χ4n) is 3.04. The number of aromatic nitrogens is 1. The minimum atomic E-state index is 0.207. The van der Waals surface area contributed by atoms with Gasteiger partial charge in [0.05, 0.1) is 5.51 Å². The second-order valence-electron chi connectivity index (χ2n) is 5.10. The van der Waals surface area contributed by atoms with Gasteiger partial charge in [0.25, 0.3) is 0 Å². The number of likely N-dealkylation sites (N-methyl/N-ethyl adjacent to an activating group) is 1. The predicted octanol–water partition coefficient (Wildman–Crippen LogP) is 1.39. The van der Waals surface area contributed by atoms with Crippen LogP contribution in [0, 0.1) is 0 Å². The highest BCUT2D eigenvalue weighted by Gasteiger charge is 2.42. The number of nitrogens with one attached hydrogen (secondary N) is 1. The molecular formula is C12H22N4S. The monoisotopic (exact) mass is 254 g/mol. The smallest absolute Gasteiger partial charge is 0.0794 e. The van der Waals surface area contributed by atoms with Crippen molar-refractivity contribution in [1.29, 1.82) is 0 Å². The lowest BCUT2D eigenvalue weighted by Crippen LogP contribution is -2.60. The number of hydrogen-bond acceptors (Lipinski definition) is 5. The summed E-state index contributed by atoms with van der Waals surface area (Å²) in [4.78, 5) is 7.80. The Bertz CT molecular complexity index is 330. The Morgan fingerprint density at radius 1 is 1.53 bits per heavy atom. The first-order chi connectivity index (χ1) is 8.19. The summed E-state index contributed by atoms with van der Waals surface area (Å²) in [6, 6.07) is 0.306. The topological polar surface area (TPSA) is 54.2 Å². The number of nitrogens with zero attached hydrogens (tertiary/aromatic N) is 2. The molecule has 1 fully saturated rings. The summed E-state index contributed by atoms with van der Waals surface area (Å²) in [7, 11) is 4.34. The van der Waals surface area contributed by atoms with Crippen molar-refractivity contribution in [1.82, 2.24) is 15.3 Å². The zero-order valence-electron chi connectivity index (χ0n) is 10.6. The molecule has 0 radical (unpaired) electrons. The Hall–Kier alpha value is -0.490. The van der Waals surface area contributed by atoms with Gasteiger partial charge in [-0.1, -0.05) is 12.8 Å². The van der Waals surface area contributed by atoms with Crippen LogP contribution in [-0.4, -0.2) is 35.6 Å². The second kappa shape index (κ2) is 5.44. The molecule has 2 rings (SSSR count).